The van der Waals surface area contributed by atoms with Gasteiger partial charge in [0, 0.05) is 23.1 Å². The molecule has 0 atom stereocenters. The van der Waals surface area contributed by atoms with Gasteiger partial charge in [-0.25, -0.2) is 4.99 Å². The summed E-state index contributed by atoms with van der Waals surface area (Å²) in [4.78, 5) is 4.81. The molecule has 1 aliphatic heterocycles. The normalized spacial score (nSPS) is 15.0. The number of hydrogen-bond donors (Lipinski definition) is 0. The molecule has 0 bridgehead atoms. The van der Waals surface area contributed by atoms with Gasteiger partial charge in [-0.05, 0) is 42.0 Å². The van der Waals surface area contributed by atoms with E-state index in [0.29, 0.717) is 0 Å². The number of nitrogens with zero attached hydrogens (tertiary/aromatic N) is 1. The molecule has 0 saturated heterocycles. The van der Waals surface area contributed by atoms with Gasteiger partial charge in [0.1, 0.15) is 11.5 Å². The van der Waals surface area contributed by atoms with Gasteiger partial charge in [0.05, 0.1) is 30.7 Å². The van der Waals surface area contributed by atoms with E-state index in [1.165, 1.54) is 0 Å². The summed E-state index contributed by atoms with van der Waals surface area (Å²) in [6.45, 7) is 0. The van der Waals surface area contributed by atoms with Gasteiger partial charge >= 0.3 is 0 Å². The first-order valence-corrected chi connectivity index (χ1v) is 7.42. The first-order valence-electron chi connectivity index (χ1n) is 7.04. The Kier molecular flexibility index (Phi) is 2.98. The van der Waals surface area contributed by atoms with Crippen molar-refractivity contribution in [2.24, 2.45) is 4.99 Å². The highest BCUT2D eigenvalue weighted by Crippen LogP contribution is 2.44. The highest BCUT2D eigenvalue weighted by Gasteiger charge is 2.30. The van der Waals surface area contributed by atoms with E-state index in [4.69, 9.17) is 26.1 Å². The number of allylic oxidation sites excluding steroid dienone is 1. The number of benzene rings is 2. The van der Waals surface area contributed by atoms with Crippen LogP contribution >= 0.6 is 11.6 Å². The molecule has 3 nitrogen and oxygen atoms in total. The van der Waals surface area contributed by atoms with E-state index in [1.807, 2.05) is 36.4 Å². The van der Waals surface area contributed by atoms with E-state index in [1.54, 1.807) is 14.2 Å². The van der Waals surface area contributed by atoms with Crippen LogP contribution in [0.15, 0.2) is 47.0 Å². The van der Waals surface area contributed by atoms with Gasteiger partial charge in [-0.3, -0.25) is 0 Å². The van der Waals surface area contributed by atoms with Crippen molar-refractivity contribution in [2.45, 2.75) is 6.42 Å². The fraction of sp³-hybridized carbons (Fsp3) is 0.167. The maximum absolute atomic E-state index is 6.60. The number of aliphatic imine (C=N–C) groups is 1. The first kappa shape index (κ1) is 13.4. The lowest BCUT2D eigenvalue weighted by Crippen LogP contribution is -2.08. The summed E-state index contributed by atoms with van der Waals surface area (Å²) >= 11 is 6.60. The number of hydrogen-bond acceptors (Lipinski definition) is 3. The number of ether oxygens (including phenoxy) is 2. The van der Waals surface area contributed by atoms with Crippen LogP contribution in [0.1, 0.15) is 16.7 Å². The number of halogens is 1. The molecule has 22 heavy (non-hydrogen) atoms. The number of fused-ring (bicyclic) bond motifs is 4. The minimum Gasteiger partial charge on any atom is -0.497 e. The van der Waals surface area contributed by atoms with E-state index < -0.39 is 0 Å². The Morgan fingerprint density at radius 3 is 2.45 bits per heavy atom. The van der Waals surface area contributed by atoms with Gasteiger partial charge in [-0.2, -0.15) is 0 Å². The minimum atomic E-state index is 0.765. The summed E-state index contributed by atoms with van der Waals surface area (Å²) in [7, 11) is 3.33. The topological polar surface area (TPSA) is 30.8 Å². The molecule has 2 aromatic rings. The average molecular weight is 312 g/mol. The van der Waals surface area contributed by atoms with Crippen LogP contribution in [0.25, 0.3) is 5.03 Å². The third kappa shape index (κ3) is 1.86. The SMILES string of the molecule is COc1ccc2c(c1)CC1=C(Cl)c3cc(OC)ccc3C1=N2. The van der Waals surface area contributed by atoms with Gasteiger partial charge < -0.3 is 9.47 Å². The van der Waals surface area contributed by atoms with Crippen molar-refractivity contribution in [1.29, 1.82) is 0 Å². The molecule has 0 aromatic heterocycles. The Morgan fingerprint density at radius 1 is 0.955 bits per heavy atom. The summed E-state index contributed by atoms with van der Waals surface area (Å²) in [5, 5.41) is 0.765. The second kappa shape index (κ2) is 4.89. The van der Waals surface area contributed by atoms with Gasteiger partial charge in [0.25, 0.3) is 0 Å². The van der Waals surface area contributed by atoms with Crippen molar-refractivity contribution in [3.05, 3.63) is 58.7 Å². The third-order valence-electron chi connectivity index (χ3n) is 4.16. The molecule has 2 aromatic carbocycles. The molecule has 0 spiro atoms. The summed E-state index contributed by atoms with van der Waals surface area (Å²) in [6, 6.07) is 11.9. The zero-order valence-corrected chi connectivity index (χ0v) is 13.1. The molecule has 1 heterocycles. The fourth-order valence-corrected chi connectivity index (χ4v) is 3.32. The molecular weight excluding hydrogens is 298 g/mol. The Balaban J connectivity index is 1.89. The van der Waals surface area contributed by atoms with E-state index in [9.17, 15) is 0 Å². The van der Waals surface area contributed by atoms with Gasteiger partial charge in [-0.1, -0.05) is 11.6 Å². The first-order chi connectivity index (χ1) is 10.7. The van der Waals surface area contributed by atoms with E-state index in [-0.39, 0.29) is 0 Å². The van der Waals surface area contributed by atoms with Gasteiger partial charge in [0.15, 0.2) is 0 Å². The molecule has 4 heteroatoms. The highest BCUT2D eigenvalue weighted by atomic mass is 35.5. The number of rotatable bonds is 2. The van der Waals surface area contributed by atoms with Crippen molar-refractivity contribution in [2.75, 3.05) is 14.2 Å². The lowest BCUT2D eigenvalue weighted by atomic mass is 9.96. The maximum atomic E-state index is 6.60. The third-order valence-corrected chi connectivity index (χ3v) is 4.59. The van der Waals surface area contributed by atoms with Crippen molar-refractivity contribution in [3.8, 4) is 11.5 Å². The van der Waals surface area contributed by atoms with Crippen LogP contribution < -0.4 is 9.47 Å². The molecule has 0 N–H and O–H groups in total. The molecule has 4 rings (SSSR count). The van der Waals surface area contributed by atoms with Crippen LogP contribution in [0.3, 0.4) is 0 Å². The fourth-order valence-electron chi connectivity index (χ4n) is 3.01. The Morgan fingerprint density at radius 2 is 1.68 bits per heavy atom. The maximum Gasteiger partial charge on any atom is 0.119 e. The van der Waals surface area contributed by atoms with Crippen molar-refractivity contribution >= 4 is 28.0 Å². The molecule has 0 fully saturated rings. The Bertz CT molecular complexity index is 852. The van der Waals surface area contributed by atoms with E-state index in [2.05, 4.69) is 0 Å². The predicted octanol–water partition coefficient (Wildman–Crippen LogP) is 4.34. The molecular formula is C18H14ClNO2. The van der Waals surface area contributed by atoms with Gasteiger partial charge in [-0.15, -0.1) is 0 Å². The van der Waals surface area contributed by atoms with Crippen LogP contribution in [0.4, 0.5) is 5.69 Å². The van der Waals surface area contributed by atoms with Crippen molar-refractivity contribution < 1.29 is 9.47 Å². The smallest absolute Gasteiger partial charge is 0.119 e. The van der Waals surface area contributed by atoms with Crippen LogP contribution in [-0.2, 0) is 6.42 Å². The van der Waals surface area contributed by atoms with Crippen molar-refractivity contribution in [3.63, 3.8) is 0 Å². The highest BCUT2D eigenvalue weighted by molar-refractivity contribution is 6.55. The summed E-state index contributed by atoms with van der Waals surface area (Å²) < 4.78 is 10.6. The van der Waals surface area contributed by atoms with Crippen molar-refractivity contribution in [1.82, 2.24) is 0 Å². The Labute approximate surface area is 133 Å². The molecule has 0 saturated carbocycles. The summed E-state index contributed by atoms with van der Waals surface area (Å²) in [5.74, 6) is 1.64. The Hall–Kier alpha value is -2.26. The standard InChI is InChI=1S/C18H14ClNO2/c1-21-11-4-6-16-10(7-11)8-15-17(19)14-9-12(22-2)3-5-13(14)18(15)20-16/h3-7,9H,8H2,1-2H3. The molecule has 2 aliphatic rings. The van der Waals surface area contributed by atoms with E-state index in [0.717, 1.165) is 56.6 Å². The summed E-state index contributed by atoms with van der Waals surface area (Å²) in [5.41, 5.74) is 6.23. The van der Waals surface area contributed by atoms with Gasteiger partial charge in [0.2, 0.25) is 0 Å². The quantitative estimate of drug-likeness (QED) is 0.826. The molecule has 0 amide bonds. The molecule has 110 valence electrons. The average Bonchev–Trinajstić information content (AvgIpc) is 2.84. The van der Waals surface area contributed by atoms with Crippen LogP contribution in [0, 0.1) is 0 Å². The molecule has 1 aliphatic carbocycles. The zero-order valence-electron chi connectivity index (χ0n) is 12.3. The number of methoxy groups -OCH3 is 2. The largest absolute Gasteiger partial charge is 0.497 e. The summed E-state index contributed by atoms with van der Waals surface area (Å²) in [6.07, 6.45) is 0.765. The van der Waals surface area contributed by atoms with Crippen LogP contribution in [0.5, 0.6) is 11.5 Å². The van der Waals surface area contributed by atoms with E-state index >= 15 is 0 Å². The predicted molar refractivity (Wildman–Crippen MR) is 88.7 cm³/mol. The lowest BCUT2D eigenvalue weighted by Gasteiger charge is -2.16. The molecule has 0 unspecified atom stereocenters. The minimum absolute atomic E-state index is 0.765. The second-order valence-electron chi connectivity index (χ2n) is 5.34. The second-order valence-corrected chi connectivity index (χ2v) is 5.71. The monoisotopic (exact) mass is 311 g/mol. The zero-order chi connectivity index (χ0) is 15.3. The van der Waals surface area contributed by atoms with Crippen LogP contribution in [-0.4, -0.2) is 19.9 Å². The van der Waals surface area contributed by atoms with Crippen LogP contribution in [0.2, 0.25) is 0 Å². The lowest BCUT2D eigenvalue weighted by molar-refractivity contribution is 0.414. The molecule has 0 radical (unpaired) electrons.